The van der Waals surface area contributed by atoms with Gasteiger partial charge in [-0.15, -0.1) is 5.23 Å². The standard InChI is InChI=1S/C26H31F3N4O4/c27-26(28,29)23-12-18(8-11-24(23)33(35)36)30-17-6-9-22(10-7-17)37-16-25(34)32-15-20-13-21(32)14-31(20)19-4-2-1-3-5-19/h1-5,8,11-12,17,20-22,30,35-36H,6-7,9-10,13-16H2. The second kappa shape index (κ2) is 10.4. The molecule has 0 spiro atoms. The maximum absolute atomic E-state index is 13.3. The number of nitrogens with zero attached hydrogens (tertiary/aromatic N) is 3. The highest BCUT2D eigenvalue weighted by Crippen LogP contribution is 2.38. The van der Waals surface area contributed by atoms with E-state index in [9.17, 15) is 18.0 Å². The lowest BCUT2D eigenvalue weighted by Crippen LogP contribution is -2.50. The van der Waals surface area contributed by atoms with Gasteiger partial charge in [-0.05, 0) is 62.4 Å². The molecule has 1 amide bonds. The monoisotopic (exact) mass is 520 g/mol. The van der Waals surface area contributed by atoms with Crippen LogP contribution in [0.5, 0.6) is 0 Å². The Morgan fingerprint density at radius 3 is 2.38 bits per heavy atom. The molecule has 2 heterocycles. The molecule has 0 radical (unpaired) electrons. The first-order chi connectivity index (χ1) is 17.7. The zero-order chi connectivity index (χ0) is 26.2. The third-order valence-corrected chi connectivity index (χ3v) is 7.65. The van der Waals surface area contributed by atoms with Crippen LogP contribution in [0, 0.1) is 0 Å². The Morgan fingerprint density at radius 1 is 1.03 bits per heavy atom. The van der Waals surface area contributed by atoms with Crippen molar-refractivity contribution in [1.82, 2.24) is 4.90 Å². The van der Waals surface area contributed by atoms with Gasteiger partial charge in [0.05, 0.1) is 17.7 Å². The molecule has 3 fully saturated rings. The Labute approximate surface area is 213 Å². The Kier molecular flexibility index (Phi) is 7.19. The van der Waals surface area contributed by atoms with E-state index in [1.165, 1.54) is 11.8 Å². The van der Waals surface area contributed by atoms with Crippen molar-refractivity contribution in [3.63, 3.8) is 0 Å². The lowest BCUT2D eigenvalue weighted by Gasteiger charge is -2.36. The number of para-hydroxylation sites is 1. The van der Waals surface area contributed by atoms with Gasteiger partial charge in [-0.3, -0.25) is 15.2 Å². The Morgan fingerprint density at radius 2 is 1.76 bits per heavy atom. The largest absolute Gasteiger partial charge is 0.418 e. The van der Waals surface area contributed by atoms with Crippen molar-refractivity contribution < 1.29 is 33.1 Å². The zero-order valence-corrected chi connectivity index (χ0v) is 20.3. The summed E-state index contributed by atoms with van der Waals surface area (Å²) in [7, 11) is 0. The number of nitrogens with one attached hydrogen (secondary N) is 1. The smallest absolute Gasteiger partial charge is 0.382 e. The molecule has 0 aromatic heterocycles. The van der Waals surface area contributed by atoms with Crippen molar-refractivity contribution in [2.24, 2.45) is 0 Å². The van der Waals surface area contributed by atoms with E-state index in [0.29, 0.717) is 38.3 Å². The van der Waals surface area contributed by atoms with Gasteiger partial charge in [-0.25, -0.2) is 0 Å². The number of rotatable bonds is 7. The normalized spacial score (nSPS) is 25.4. The number of likely N-dealkylation sites (tertiary alicyclic amines) is 1. The van der Waals surface area contributed by atoms with E-state index in [1.807, 2.05) is 23.1 Å². The van der Waals surface area contributed by atoms with Gasteiger partial charge in [0, 0.05) is 36.5 Å². The number of halogens is 3. The fraction of sp³-hybridized carbons (Fsp3) is 0.500. The third kappa shape index (κ3) is 5.63. The van der Waals surface area contributed by atoms with Crippen LogP contribution in [0.3, 0.4) is 0 Å². The molecular weight excluding hydrogens is 489 g/mol. The van der Waals surface area contributed by atoms with Gasteiger partial charge in [0.15, 0.2) is 0 Å². The van der Waals surface area contributed by atoms with Crippen LogP contribution in [-0.4, -0.2) is 65.1 Å². The molecule has 2 bridgehead atoms. The summed E-state index contributed by atoms with van der Waals surface area (Å²) in [6, 6.07) is 14.0. The lowest BCUT2D eigenvalue weighted by atomic mass is 9.92. The first-order valence-electron chi connectivity index (χ1n) is 12.6. The van der Waals surface area contributed by atoms with Crippen molar-refractivity contribution in [1.29, 1.82) is 0 Å². The number of alkyl halides is 3. The number of hydrogen-bond acceptors (Lipinski definition) is 7. The predicted molar refractivity (Wildman–Crippen MR) is 131 cm³/mol. The first-order valence-corrected chi connectivity index (χ1v) is 12.6. The molecule has 8 nitrogen and oxygen atoms in total. The van der Waals surface area contributed by atoms with E-state index < -0.39 is 22.7 Å². The van der Waals surface area contributed by atoms with E-state index >= 15 is 0 Å². The van der Waals surface area contributed by atoms with Crippen LogP contribution < -0.4 is 15.4 Å². The quantitative estimate of drug-likeness (QED) is 0.463. The minimum Gasteiger partial charge on any atom is -0.382 e. The highest BCUT2D eigenvalue weighted by molar-refractivity contribution is 5.79. The van der Waals surface area contributed by atoms with E-state index in [0.717, 1.165) is 25.1 Å². The predicted octanol–water partition coefficient (Wildman–Crippen LogP) is 4.52. The molecule has 3 aliphatic rings. The fourth-order valence-corrected chi connectivity index (χ4v) is 5.82. The number of fused-ring (bicyclic) bond motifs is 2. The zero-order valence-electron chi connectivity index (χ0n) is 20.3. The summed E-state index contributed by atoms with van der Waals surface area (Å²) in [5.74, 6) is 0.0158. The first kappa shape index (κ1) is 25.6. The molecule has 2 aromatic carbocycles. The molecule has 5 rings (SSSR count). The fourth-order valence-electron chi connectivity index (χ4n) is 5.82. The molecule has 2 atom stereocenters. The molecule has 37 heavy (non-hydrogen) atoms. The summed E-state index contributed by atoms with van der Waals surface area (Å²) in [6.07, 6.45) is -1.04. The van der Waals surface area contributed by atoms with Gasteiger partial charge in [0.25, 0.3) is 0 Å². The number of anilines is 3. The summed E-state index contributed by atoms with van der Waals surface area (Å²) in [5, 5.41) is 20.8. The summed E-state index contributed by atoms with van der Waals surface area (Å²) < 4.78 is 45.8. The number of benzene rings is 2. The molecule has 200 valence electrons. The van der Waals surface area contributed by atoms with Gasteiger partial charge in [-0.2, -0.15) is 13.2 Å². The van der Waals surface area contributed by atoms with Crippen LogP contribution in [-0.2, 0) is 15.7 Å². The van der Waals surface area contributed by atoms with Crippen LogP contribution in [0.25, 0.3) is 0 Å². The minimum atomic E-state index is -4.73. The van der Waals surface area contributed by atoms with Gasteiger partial charge >= 0.3 is 6.18 Å². The lowest BCUT2D eigenvalue weighted by molar-refractivity contribution is -0.140. The van der Waals surface area contributed by atoms with E-state index in [1.54, 1.807) is 0 Å². The van der Waals surface area contributed by atoms with E-state index in [2.05, 4.69) is 22.3 Å². The molecule has 2 saturated heterocycles. The Hall–Kier alpha value is -3.02. The van der Waals surface area contributed by atoms with Crippen LogP contribution in [0.2, 0.25) is 0 Å². The third-order valence-electron chi connectivity index (χ3n) is 7.65. The van der Waals surface area contributed by atoms with Crippen molar-refractivity contribution in [3.8, 4) is 0 Å². The molecule has 1 aliphatic carbocycles. The number of hydrogen-bond donors (Lipinski definition) is 3. The topological polar surface area (TPSA) is 88.5 Å². The van der Waals surface area contributed by atoms with Crippen LogP contribution >= 0.6 is 0 Å². The van der Waals surface area contributed by atoms with Gasteiger partial charge in [-0.1, -0.05) is 18.2 Å². The SMILES string of the molecule is O=C(COC1CCC(Nc2ccc(N(O)O)c(C(F)(F)F)c2)CC1)N1CC2CC1CN2c1ccccc1. The summed E-state index contributed by atoms with van der Waals surface area (Å²) in [4.78, 5) is 17.2. The molecule has 2 aromatic rings. The average Bonchev–Trinajstić information content (AvgIpc) is 3.49. The molecule has 1 saturated carbocycles. The van der Waals surface area contributed by atoms with E-state index in [-0.39, 0.29) is 36.4 Å². The van der Waals surface area contributed by atoms with Crippen LogP contribution in [0.4, 0.5) is 30.2 Å². The van der Waals surface area contributed by atoms with Crippen molar-refractivity contribution in [2.75, 3.05) is 35.1 Å². The summed E-state index contributed by atoms with van der Waals surface area (Å²) in [6.45, 7) is 1.59. The Bertz CT molecular complexity index is 1090. The van der Waals surface area contributed by atoms with Gasteiger partial charge < -0.3 is 19.9 Å². The van der Waals surface area contributed by atoms with Crippen molar-refractivity contribution in [3.05, 3.63) is 54.1 Å². The highest BCUT2D eigenvalue weighted by atomic mass is 19.4. The molecule has 11 heteroatoms. The second-order valence-electron chi connectivity index (χ2n) is 10.0. The number of carbonyl (C=O) groups excluding carboxylic acids is 1. The molecular formula is C26H31F3N4O4. The van der Waals surface area contributed by atoms with E-state index in [4.69, 9.17) is 15.2 Å². The minimum absolute atomic E-state index is 0.0158. The Balaban J connectivity index is 1.07. The van der Waals surface area contributed by atoms with Crippen molar-refractivity contribution >= 4 is 23.0 Å². The van der Waals surface area contributed by atoms with Crippen LogP contribution in [0.1, 0.15) is 37.7 Å². The number of piperazine rings is 1. The van der Waals surface area contributed by atoms with Gasteiger partial charge in [0.1, 0.15) is 12.3 Å². The summed E-state index contributed by atoms with van der Waals surface area (Å²) in [5.41, 5.74) is -0.427. The van der Waals surface area contributed by atoms with Gasteiger partial charge in [0.2, 0.25) is 5.91 Å². The van der Waals surface area contributed by atoms with Crippen molar-refractivity contribution in [2.45, 2.75) is 62.5 Å². The molecule has 2 unspecified atom stereocenters. The molecule has 2 aliphatic heterocycles. The second-order valence-corrected chi connectivity index (χ2v) is 10.0. The number of ether oxygens (including phenoxy) is 1. The number of carbonyl (C=O) groups is 1. The maximum Gasteiger partial charge on any atom is 0.418 e. The maximum atomic E-state index is 13.3. The number of amides is 1. The molecule has 3 N–H and O–H groups in total. The summed E-state index contributed by atoms with van der Waals surface area (Å²) >= 11 is 0. The highest BCUT2D eigenvalue weighted by Gasteiger charge is 2.45. The van der Waals surface area contributed by atoms with Crippen LogP contribution in [0.15, 0.2) is 48.5 Å². The average molecular weight is 521 g/mol.